The molecule has 0 radical (unpaired) electrons. The van der Waals surface area contributed by atoms with Crippen LogP contribution < -0.4 is 5.56 Å². The van der Waals surface area contributed by atoms with E-state index in [2.05, 4.69) is 22.0 Å². The molecule has 5 atom stereocenters. The first kappa shape index (κ1) is 26.8. The van der Waals surface area contributed by atoms with Crippen LogP contribution in [0.1, 0.15) is 89.3 Å². The van der Waals surface area contributed by atoms with E-state index in [9.17, 15) is 14.7 Å². The Kier molecular flexibility index (Phi) is 8.43. The maximum absolute atomic E-state index is 13.9. The molecule has 9 heteroatoms. The topological polar surface area (TPSA) is 117 Å². The number of nitrogens with zero attached hydrogens (tertiary/aromatic N) is 4. The number of para-hydroxylation sites is 2. The molecule has 3 aliphatic rings. The lowest BCUT2D eigenvalue weighted by atomic mass is 9.76. The molecule has 9 nitrogen and oxygen atoms in total. The standard InChI is InChI=1S/C29H40N4O5/c1-2-7-19-8-5-9-20(16-19)32-21-10-6-11-22(32)18-23(17-21)33-25-13-4-3-12-24(25)30-26(28(33)35)27(29(36)37)31-38-15-14-34/h3-4,12-13,19-23,34H,2,5-11,14-18H2,1H3,(H,36,37)/b31-27-/t19-,20-,21-,22+,23+/m1/s1. The van der Waals surface area contributed by atoms with Gasteiger partial charge in [-0.25, -0.2) is 9.78 Å². The summed E-state index contributed by atoms with van der Waals surface area (Å²) in [5, 5.41) is 22.5. The second-order valence-electron chi connectivity index (χ2n) is 11.2. The predicted molar refractivity (Wildman–Crippen MR) is 145 cm³/mol. The van der Waals surface area contributed by atoms with Crippen molar-refractivity contribution in [1.82, 2.24) is 14.5 Å². The zero-order valence-corrected chi connectivity index (χ0v) is 22.3. The first-order valence-electron chi connectivity index (χ1n) is 14.3. The maximum Gasteiger partial charge on any atom is 0.360 e. The number of aromatic nitrogens is 2. The van der Waals surface area contributed by atoms with Crippen molar-refractivity contribution in [1.29, 1.82) is 0 Å². The lowest BCUT2D eigenvalue weighted by Crippen LogP contribution is -2.58. The molecule has 38 heavy (non-hydrogen) atoms. The molecule has 2 N–H and O–H groups in total. The summed E-state index contributed by atoms with van der Waals surface area (Å²) in [5.74, 6) is -0.562. The van der Waals surface area contributed by atoms with Crippen LogP contribution in [0.5, 0.6) is 0 Å². The van der Waals surface area contributed by atoms with Gasteiger partial charge in [-0.15, -0.1) is 0 Å². The van der Waals surface area contributed by atoms with E-state index in [4.69, 9.17) is 9.94 Å². The lowest BCUT2D eigenvalue weighted by Gasteiger charge is -2.54. The Balaban J connectivity index is 1.50. The molecule has 1 aromatic carbocycles. The molecule has 206 valence electrons. The van der Waals surface area contributed by atoms with E-state index in [1.54, 1.807) is 10.6 Å². The van der Waals surface area contributed by atoms with Gasteiger partial charge in [0.2, 0.25) is 5.71 Å². The average Bonchev–Trinajstić information content (AvgIpc) is 2.90. The molecule has 2 saturated heterocycles. The van der Waals surface area contributed by atoms with Gasteiger partial charge in [0, 0.05) is 24.2 Å². The van der Waals surface area contributed by atoms with Crippen LogP contribution in [0.15, 0.2) is 34.2 Å². The monoisotopic (exact) mass is 524 g/mol. The van der Waals surface area contributed by atoms with Crippen LogP contribution in [0.25, 0.3) is 11.0 Å². The summed E-state index contributed by atoms with van der Waals surface area (Å²) in [4.78, 5) is 38.2. The molecule has 0 amide bonds. The molecule has 2 aromatic rings. The molecule has 0 spiro atoms. The van der Waals surface area contributed by atoms with Crippen LogP contribution in [0.3, 0.4) is 0 Å². The molecule has 2 aliphatic heterocycles. The zero-order chi connectivity index (χ0) is 26.6. The number of hydrogen-bond donors (Lipinski definition) is 2. The van der Waals surface area contributed by atoms with Crippen molar-refractivity contribution in [2.24, 2.45) is 11.1 Å². The normalized spacial score (nSPS) is 28.4. The van der Waals surface area contributed by atoms with Crippen LogP contribution in [0, 0.1) is 5.92 Å². The SMILES string of the molecule is CCC[C@@H]1CCC[C@@H](N2[C@@H]3CCC[C@H]2C[C@@H](n2c(=O)c(/C(=N/OCCO)C(=O)O)nc4ccccc42)C3)C1. The maximum atomic E-state index is 13.9. The minimum Gasteiger partial charge on any atom is -0.476 e. The summed E-state index contributed by atoms with van der Waals surface area (Å²) in [6.07, 6.45) is 13.0. The third-order valence-corrected chi connectivity index (χ3v) is 8.81. The molecule has 1 aromatic heterocycles. The Morgan fingerprint density at radius 1 is 1.05 bits per heavy atom. The molecule has 1 aliphatic carbocycles. The number of rotatable bonds is 9. The second-order valence-corrected chi connectivity index (χ2v) is 11.2. The van der Waals surface area contributed by atoms with Gasteiger partial charge in [0.25, 0.3) is 5.56 Å². The number of benzene rings is 1. The number of fused-ring (bicyclic) bond motifs is 3. The fourth-order valence-electron chi connectivity index (χ4n) is 7.41. The van der Waals surface area contributed by atoms with Crippen molar-refractivity contribution in [3.05, 3.63) is 40.3 Å². The Morgan fingerprint density at radius 3 is 2.42 bits per heavy atom. The molecule has 1 saturated carbocycles. The van der Waals surface area contributed by atoms with E-state index in [1.807, 2.05) is 18.2 Å². The quantitative estimate of drug-likeness (QED) is 0.288. The number of oxime groups is 1. The number of carbonyl (C=O) groups is 1. The largest absolute Gasteiger partial charge is 0.476 e. The third-order valence-electron chi connectivity index (χ3n) is 8.81. The summed E-state index contributed by atoms with van der Waals surface area (Å²) >= 11 is 0. The van der Waals surface area contributed by atoms with Crippen molar-refractivity contribution in [3.63, 3.8) is 0 Å². The van der Waals surface area contributed by atoms with Crippen LogP contribution in [-0.2, 0) is 9.63 Å². The molecular weight excluding hydrogens is 484 g/mol. The van der Waals surface area contributed by atoms with E-state index in [1.165, 1.54) is 44.9 Å². The fourth-order valence-corrected chi connectivity index (χ4v) is 7.41. The van der Waals surface area contributed by atoms with Gasteiger partial charge in [0.15, 0.2) is 5.69 Å². The summed E-state index contributed by atoms with van der Waals surface area (Å²) in [7, 11) is 0. The van der Waals surface area contributed by atoms with Gasteiger partial charge in [0.1, 0.15) is 6.61 Å². The number of aliphatic carboxylic acids is 1. The van der Waals surface area contributed by atoms with Crippen LogP contribution in [0.2, 0.25) is 0 Å². The molecule has 0 unspecified atom stereocenters. The van der Waals surface area contributed by atoms with Crippen molar-refractivity contribution in [2.45, 2.75) is 102 Å². The molecule has 3 fully saturated rings. The van der Waals surface area contributed by atoms with Gasteiger partial charge in [-0.3, -0.25) is 9.69 Å². The molecule has 3 heterocycles. The van der Waals surface area contributed by atoms with Crippen molar-refractivity contribution in [3.8, 4) is 0 Å². The highest BCUT2D eigenvalue weighted by molar-refractivity contribution is 6.41. The van der Waals surface area contributed by atoms with Gasteiger partial charge < -0.3 is 19.6 Å². The number of piperidine rings is 2. The Morgan fingerprint density at radius 2 is 1.74 bits per heavy atom. The highest BCUT2D eigenvalue weighted by atomic mass is 16.6. The Hall–Kier alpha value is -2.78. The number of aliphatic hydroxyl groups excluding tert-OH is 1. The smallest absolute Gasteiger partial charge is 0.360 e. The first-order chi connectivity index (χ1) is 18.5. The number of carboxylic acids is 1. The van der Waals surface area contributed by atoms with Gasteiger partial charge in [-0.2, -0.15) is 0 Å². The minimum absolute atomic E-state index is 0.0378. The minimum atomic E-state index is -1.39. The van der Waals surface area contributed by atoms with Crippen LogP contribution in [-0.4, -0.2) is 67.7 Å². The van der Waals surface area contributed by atoms with Crippen molar-refractivity contribution < 1.29 is 19.8 Å². The number of carboxylic acid groups (broad SMARTS) is 1. The summed E-state index contributed by atoms with van der Waals surface area (Å²) in [6.45, 7) is 1.81. The molecule has 2 bridgehead atoms. The van der Waals surface area contributed by atoms with Gasteiger partial charge >= 0.3 is 5.97 Å². The second kappa shape index (κ2) is 11.9. The average molecular weight is 525 g/mol. The Bertz CT molecular complexity index is 1210. The van der Waals surface area contributed by atoms with Crippen LogP contribution >= 0.6 is 0 Å². The molecular formula is C29H40N4O5. The van der Waals surface area contributed by atoms with Gasteiger partial charge in [0.05, 0.1) is 17.6 Å². The van der Waals surface area contributed by atoms with E-state index < -0.39 is 17.2 Å². The summed E-state index contributed by atoms with van der Waals surface area (Å²) < 4.78 is 1.78. The number of hydrogen-bond acceptors (Lipinski definition) is 7. The van der Waals surface area contributed by atoms with E-state index in [0.717, 1.165) is 37.1 Å². The fraction of sp³-hybridized carbons (Fsp3) is 0.655. The third kappa shape index (κ3) is 5.36. The lowest BCUT2D eigenvalue weighted by molar-refractivity contribution is -0.129. The van der Waals surface area contributed by atoms with Gasteiger partial charge in [-0.1, -0.05) is 56.3 Å². The predicted octanol–water partition coefficient (Wildman–Crippen LogP) is 4.11. The number of aliphatic hydroxyl groups is 1. The van der Waals surface area contributed by atoms with Crippen molar-refractivity contribution >= 4 is 22.7 Å². The van der Waals surface area contributed by atoms with E-state index in [-0.39, 0.29) is 24.9 Å². The molecule has 5 rings (SSSR count). The van der Waals surface area contributed by atoms with E-state index in [0.29, 0.717) is 23.6 Å². The summed E-state index contributed by atoms with van der Waals surface area (Å²) in [5.41, 5.74) is 0.0655. The Labute approximate surface area is 223 Å². The van der Waals surface area contributed by atoms with Gasteiger partial charge in [-0.05, 0) is 56.6 Å². The highest BCUT2D eigenvalue weighted by Crippen LogP contribution is 2.44. The van der Waals surface area contributed by atoms with E-state index >= 15 is 0 Å². The zero-order valence-electron chi connectivity index (χ0n) is 22.3. The first-order valence-corrected chi connectivity index (χ1v) is 14.3. The summed E-state index contributed by atoms with van der Waals surface area (Å²) in [6, 6.07) is 8.88. The van der Waals surface area contributed by atoms with Crippen LogP contribution in [0.4, 0.5) is 0 Å². The highest BCUT2D eigenvalue weighted by Gasteiger charge is 2.43. The van der Waals surface area contributed by atoms with Crippen molar-refractivity contribution in [2.75, 3.05) is 13.2 Å².